The van der Waals surface area contributed by atoms with Crippen molar-refractivity contribution in [3.8, 4) is 5.75 Å². The van der Waals surface area contributed by atoms with E-state index < -0.39 is 23.6 Å². The van der Waals surface area contributed by atoms with Crippen LogP contribution in [0.1, 0.15) is 47.5 Å². The minimum Gasteiger partial charge on any atom is -0.494 e. The number of likely N-dealkylation sites (tertiary alicyclic amines) is 1. The molecule has 1 N–H and O–H groups in total. The van der Waals surface area contributed by atoms with E-state index in [9.17, 15) is 14.4 Å². The summed E-state index contributed by atoms with van der Waals surface area (Å²) in [6, 6.07) is 6.97. The highest BCUT2D eigenvalue weighted by molar-refractivity contribution is 5.95. The first-order chi connectivity index (χ1) is 14.1. The van der Waals surface area contributed by atoms with E-state index in [1.807, 2.05) is 27.7 Å². The SMILES string of the molecule is CCOc1ccc(NC(=O)[C@H](C)OC(=O)C2CCN(C(=O)OC(C)(C)C)CC2)cc1. The summed E-state index contributed by atoms with van der Waals surface area (Å²) in [7, 11) is 0. The number of amides is 2. The van der Waals surface area contributed by atoms with Crippen molar-refractivity contribution in [3.63, 3.8) is 0 Å². The van der Waals surface area contributed by atoms with Gasteiger partial charge in [0.05, 0.1) is 12.5 Å². The lowest BCUT2D eigenvalue weighted by molar-refractivity contribution is -0.158. The fourth-order valence-electron chi connectivity index (χ4n) is 2.99. The summed E-state index contributed by atoms with van der Waals surface area (Å²) in [4.78, 5) is 38.5. The molecule has 0 saturated carbocycles. The molecule has 2 amide bonds. The molecule has 166 valence electrons. The standard InChI is InChI=1S/C22H32N2O6/c1-6-28-18-9-7-17(8-10-18)23-19(25)15(2)29-20(26)16-11-13-24(14-12-16)21(27)30-22(3,4)5/h7-10,15-16H,6,11-14H2,1-5H3,(H,23,25)/t15-/m0/s1. The van der Waals surface area contributed by atoms with Crippen molar-refractivity contribution in [2.45, 2.75) is 59.2 Å². The first kappa shape index (κ1) is 23.5. The van der Waals surface area contributed by atoms with Gasteiger partial charge < -0.3 is 24.4 Å². The van der Waals surface area contributed by atoms with Gasteiger partial charge in [0.25, 0.3) is 5.91 Å². The normalized spacial score (nSPS) is 15.8. The lowest BCUT2D eigenvalue weighted by atomic mass is 9.97. The summed E-state index contributed by atoms with van der Waals surface area (Å²) in [6.07, 6.45) is -0.346. The van der Waals surface area contributed by atoms with Gasteiger partial charge in [-0.2, -0.15) is 0 Å². The molecule has 1 fully saturated rings. The van der Waals surface area contributed by atoms with Crippen LogP contribution in [0.2, 0.25) is 0 Å². The van der Waals surface area contributed by atoms with Gasteiger partial charge in [0.2, 0.25) is 0 Å². The maximum Gasteiger partial charge on any atom is 0.410 e. The molecule has 1 aliphatic heterocycles. The Kier molecular flexibility index (Phi) is 8.08. The summed E-state index contributed by atoms with van der Waals surface area (Å²) in [5, 5.41) is 2.72. The fraction of sp³-hybridized carbons (Fsp3) is 0.591. The summed E-state index contributed by atoms with van der Waals surface area (Å²) < 4.78 is 16.1. The Bertz CT molecular complexity index is 733. The van der Waals surface area contributed by atoms with Gasteiger partial charge in [-0.05, 0) is 71.7 Å². The molecule has 0 spiro atoms. The Labute approximate surface area is 177 Å². The van der Waals surface area contributed by atoms with Gasteiger partial charge in [-0.15, -0.1) is 0 Å². The van der Waals surface area contributed by atoms with Crippen LogP contribution in [0.5, 0.6) is 5.75 Å². The lowest BCUT2D eigenvalue weighted by Gasteiger charge is -2.32. The van der Waals surface area contributed by atoms with E-state index in [0.717, 1.165) is 0 Å². The third-order valence-corrected chi connectivity index (χ3v) is 4.58. The second-order valence-corrected chi connectivity index (χ2v) is 8.27. The minimum atomic E-state index is -0.923. The molecule has 1 aromatic carbocycles. The van der Waals surface area contributed by atoms with E-state index in [4.69, 9.17) is 14.2 Å². The van der Waals surface area contributed by atoms with Gasteiger partial charge in [0, 0.05) is 18.8 Å². The molecule has 8 heteroatoms. The number of esters is 1. The Hall–Kier alpha value is -2.77. The molecule has 1 aromatic rings. The number of rotatable bonds is 6. The van der Waals surface area contributed by atoms with Crippen LogP contribution < -0.4 is 10.1 Å². The van der Waals surface area contributed by atoms with Crippen LogP contribution in [0.4, 0.5) is 10.5 Å². The van der Waals surface area contributed by atoms with Crippen molar-refractivity contribution in [2.24, 2.45) is 5.92 Å². The number of nitrogens with one attached hydrogen (secondary N) is 1. The zero-order valence-electron chi connectivity index (χ0n) is 18.4. The van der Waals surface area contributed by atoms with E-state index in [1.165, 1.54) is 6.92 Å². The minimum absolute atomic E-state index is 0.343. The topological polar surface area (TPSA) is 94.2 Å². The zero-order chi connectivity index (χ0) is 22.3. The number of nitrogens with zero attached hydrogens (tertiary/aromatic N) is 1. The van der Waals surface area contributed by atoms with Gasteiger partial charge in [-0.1, -0.05) is 0 Å². The van der Waals surface area contributed by atoms with Crippen molar-refractivity contribution < 1.29 is 28.6 Å². The molecule has 0 radical (unpaired) electrons. The average molecular weight is 421 g/mol. The van der Waals surface area contributed by atoms with Crippen LogP contribution in [0.3, 0.4) is 0 Å². The van der Waals surface area contributed by atoms with E-state index in [1.54, 1.807) is 29.2 Å². The summed E-state index contributed by atoms with van der Waals surface area (Å²) in [5.41, 5.74) is 0.0379. The van der Waals surface area contributed by atoms with Crippen LogP contribution in [0, 0.1) is 5.92 Å². The number of hydrogen-bond donors (Lipinski definition) is 1. The maximum absolute atomic E-state index is 12.4. The fourth-order valence-corrected chi connectivity index (χ4v) is 2.99. The second-order valence-electron chi connectivity index (χ2n) is 8.27. The van der Waals surface area contributed by atoms with E-state index in [2.05, 4.69) is 5.32 Å². The quantitative estimate of drug-likeness (QED) is 0.707. The molecule has 0 bridgehead atoms. The van der Waals surface area contributed by atoms with Crippen molar-refractivity contribution in [1.29, 1.82) is 0 Å². The first-order valence-electron chi connectivity index (χ1n) is 10.3. The molecule has 1 aliphatic rings. The number of hydrogen-bond acceptors (Lipinski definition) is 6. The molecule has 2 rings (SSSR count). The molecule has 1 saturated heterocycles. The summed E-state index contributed by atoms with van der Waals surface area (Å²) in [6.45, 7) is 10.3. The van der Waals surface area contributed by atoms with Gasteiger partial charge in [-0.25, -0.2) is 4.79 Å². The molecule has 0 aromatic heterocycles. The predicted molar refractivity (Wildman–Crippen MR) is 112 cm³/mol. The average Bonchev–Trinajstić information content (AvgIpc) is 2.68. The zero-order valence-corrected chi connectivity index (χ0v) is 18.4. The lowest BCUT2D eigenvalue weighted by Crippen LogP contribution is -2.43. The molecule has 30 heavy (non-hydrogen) atoms. The highest BCUT2D eigenvalue weighted by atomic mass is 16.6. The Morgan fingerprint density at radius 1 is 1.13 bits per heavy atom. The van der Waals surface area contributed by atoms with Gasteiger partial charge in [-0.3, -0.25) is 9.59 Å². The highest BCUT2D eigenvalue weighted by Gasteiger charge is 2.32. The molecule has 1 atom stereocenters. The Morgan fingerprint density at radius 2 is 1.73 bits per heavy atom. The number of carbonyl (C=O) groups excluding carboxylic acids is 3. The number of benzene rings is 1. The number of ether oxygens (including phenoxy) is 3. The molecule has 0 unspecified atom stereocenters. The largest absolute Gasteiger partial charge is 0.494 e. The molecule has 0 aliphatic carbocycles. The van der Waals surface area contributed by atoms with Crippen LogP contribution >= 0.6 is 0 Å². The number of carbonyl (C=O) groups is 3. The van der Waals surface area contributed by atoms with E-state index >= 15 is 0 Å². The molecule has 8 nitrogen and oxygen atoms in total. The molecular formula is C22H32N2O6. The predicted octanol–water partition coefficient (Wildman–Crippen LogP) is 3.60. The third-order valence-electron chi connectivity index (χ3n) is 4.58. The van der Waals surface area contributed by atoms with E-state index in [0.29, 0.717) is 44.0 Å². The third kappa shape index (κ3) is 7.24. The second kappa shape index (κ2) is 10.3. The van der Waals surface area contributed by atoms with Crippen LogP contribution in [-0.4, -0.2) is 54.3 Å². The van der Waals surface area contributed by atoms with Crippen molar-refractivity contribution >= 4 is 23.7 Å². The highest BCUT2D eigenvalue weighted by Crippen LogP contribution is 2.22. The van der Waals surface area contributed by atoms with Crippen molar-refractivity contribution in [2.75, 3.05) is 25.0 Å². The smallest absolute Gasteiger partial charge is 0.410 e. The molecule has 1 heterocycles. The Balaban J connectivity index is 1.78. The van der Waals surface area contributed by atoms with Gasteiger partial charge >= 0.3 is 12.1 Å². The maximum atomic E-state index is 12.4. The van der Waals surface area contributed by atoms with Gasteiger partial charge in [0.1, 0.15) is 11.4 Å². The van der Waals surface area contributed by atoms with Crippen molar-refractivity contribution in [1.82, 2.24) is 4.90 Å². The molecular weight excluding hydrogens is 388 g/mol. The van der Waals surface area contributed by atoms with Crippen molar-refractivity contribution in [3.05, 3.63) is 24.3 Å². The Morgan fingerprint density at radius 3 is 2.27 bits per heavy atom. The van der Waals surface area contributed by atoms with Gasteiger partial charge in [0.15, 0.2) is 6.10 Å². The van der Waals surface area contributed by atoms with E-state index in [-0.39, 0.29) is 12.0 Å². The summed E-state index contributed by atoms with van der Waals surface area (Å²) in [5.74, 6) is -0.455. The van der Waals surface area contributed by atoms with Crippen LogP contribution in [-0.2, 0) is 19.1 Å². The first-order valence-corrected chi connectivity index (χ1v) is 10.3. The number of anilines is 1. The summed E-state index contributed by atoms with van der Waals surface area (Å²) >= 11 is 0. The monoisotopic (exact) mass is 420 g/mol. The van der Waals surface area contributed by atoms with Crippen LogP contribution in [0.25, 0.3) is 0 Å². The number of piperidine rings is 1. The van der Waals surface area contributed by atoms with Crippen LogP contribution in [0.15, 0.2) is 24.3 Å².